The van der Waals surface area contributed by atoms with E-state index in [9.17, 15) is 30.3 Å². The molecule has 0 heterocycles. The van der Waals surface area contributed by atoms with Crippen molar-refractivity contribution in [2.24, 2.45) is 0 Å². The Labute approximate surface area is 125 Å². The van der Waals surface area contributed by atoms with Crippen molar-refractivity contribution in [1.29, 1.82) is 0 Å². The largest absolute Gasteiger partial charge is 3.00 e. The number of para-hydroxylation sites is 1. The number of hydrogen-bond donors (Lipinski definition) is 0. The van der Waals surface area contributed by atoms with Gasteiger partial charge in [0, 0.05) is 12.1 Å². The van der Waals surface area contributed by atoms with Gasteiger partial charge in [0.05, 0.1) is 14.8 Å². The maximum Gasteiger partial charge on any atom is 3.00 e. The molecular formula is C6H3AlN3O10P. The Kier molecular flexibility index (Phi) is 8.52. The molecule has 0 saturated heterocycles. The molecule has 0 aliphatic carbocycles. The summed E-state index contributed by atoms with van der Waals surface area (Å²) < 4.78 is 8.55. The van der Waals surface area contributed by atoms with Crippen molar-refractivity contribution in [3.63, 3.8) is 0 Å². The van der Waals surface area contributed by atoms with Gasteiger partial charge in [0.15, 0.2) is 0 Å². The van der Waals surface area contributed by atoms with Crippen LogP contribution in [-0.2, 0) is 4.57 Å². The molecular weight excluding hydrogens is 332 g/mol. The maximum absolute atomic E-state index is 10.4. The molecule has 0 fully saturated rings. The average molecular weight is 335 g/mol. The first-order valence-corrected chi connectivity index (χ1v) is 5.70. The Morgan fingerprint density at radius 1 is 0.810 bits per heavy atom. The summed E-state index contributed by atoms with van der Waals surface area (Å²) in [4.78, 5) is 53.6. The molecule has 13 nitrogen and oxygen atoms in total. The molecule has 0 aromatic heterocycles. The van der Waals surface area contributed by atoms with Gasteiger partial charge in [-0.05, 0) is 6.07 Å². The van der Waals surface area contributed by atoms with Gasteiger partial charge >= 0.3 is 34.4 Å². The van der Waals surface area contributed by atoms with Crippen LogP contribution in [0.3, 0.4) is 0 Å². The summed E-state index contributed by atoms with van der Waals surface area (Å²) in [5.41, 5.74) is -2.89. The predicted molar refractivity (Wildman–Crippen MR) is 59.8 cm³/mol. The predicted octanol–water partition coefficient (Wildman–Crippen LogP) is -1.79. The minimum atomic E-state index is -5.39. The van der Waals surface area contributed by atoms with Gasteiger partial charge in [0.2, 0.25) is 0 Å². The third-order valence-electron chi connectivity index (χ3n) is 1.57. The van der Waals surface area contributed by atoms with Crippen molar-refractivity contribution >= 4 is 42.2 Å². The molecule has 1 aromatic rings. The molecule has 110 valence electrons. The Balaban J connectivity index is 0. The molecule has 0 aliphatic rings. The monoisotopic (exact) mass is 335 g/mol. The second-order valence-corrected chi connectivity index (χ2v) is 3.76. The smallest absolute Gasteiger partial charge is 0.822 e. The van der Waals surface area contributed by atoms with Gasteiger partial charge in [-0.3, -0.25) is 30.3 Å². The number of phosphoric acid groups is 1. The molecule has 0 radical (unpaired) electrons. The maximum atomic E-state index is 10.4. The SMILES string of the molecule is O=P([O-])([O-])[O-].O=[N+]([O-])c1cccc([N+](=O)[O-])c1[N+](=O)[O-].[Al+3]. The van der Waals surface area contributed by atoms with Crippen LogP contribution in [0.4, 0.5) is 17.1 Å². The first-order chi connectivity index (χ1) is 8.95. The van der Waals surface area contributed by atoms with Crippen LogP contribution in [0.25, 0.3) is 0 Å². The van der Waals surface area contributed by atoms with Crippen LogP contribution >= 0.6 is 7.82 Å². The zero-order chi connectivity index (χ0) is 16.1. The van der Waals surface area contributed by atoms with E-state index in [0.29, 0.717) is 0 Å². The van der Waals surface area contributed by atoms with E-state index in [1.807, 2.05) is 0 Å². The Bertz CT molecular complexity index is 560. The first kappa shape index (κ1) is 21.4. The minimum absolute atomic E-state index is 0. The van der Waals surface area contributed by atoms with E-state index >= 15 is 0 Å². The molecule has 0 saturated carbocycles. The van der Waals surface area contributed by atoms with Gasteiger partial charge in [-0.1, -0.05) is 0 Å². The summed E-state index contributed by atoms with van der Waals surface area (Å²) in [5, 5.41) is 31.2. The average Bonchev–Trinajstić information content (AvgIpc) is 2.25. The van der Waals surface area contributed by atoms with Crippen molar-refractivity contribution < 1.29 is 34.0 Å². The summed E-state index contributed by atoms with van der Waals surface area (Å²) in [7, 11) is -5.39. The molecule has 1 rings (SSSR count). The van der Waals surface area contributed by atoms with Gasteiger partial charge in [0.25, 0.3) is 0 Å². The number of benzene rings is 1. The van der Waals surface area contributed by atoms with Gasteiger partial charge in [-0.25, -0.2) is 0 Å². The van der Waals surface area contributed by atoms with E-state index in [-0.39, 0.29) is 17.4 Å². The van der Waals surface area contributed by atoms with E-state index in [1.54, 1.807) is 0 Å². The number of nitro benzene ring substituents is 3. The van der Waals surface area contributed by atoms with Crippen LogP contribution in [0.2, 0.25) is 0 Å². The van der Waals surface area contributed by atoms with Crippen molar-refractivity contribution in [1.82, 2.24) is 0 Å². The molecule has 0 unspecified atom stereocenters. The third-order valence-corrected chi connectivity index (χ3v) is 1.57. The molecule has 15 heteroatoms. The molecule has 0 spiro atoms. The number of rotatable bonds is 3. The van der Waals surface area contributed by atoms with Crippen LogP contribution in [-0.4, -0.2) is 32.1 Å². The number of hydrogen-bond acceptors (Lipinski definition) is 10. The van der Waals surface area contributed by atoms with E-state index in [2.05, 4.69) is 0 Å². The van der Waals surface area contributed by atoms with Crippen molar-refractivity contribution in [3.05, 3.63) is 48.5 Å². The van der Waals surface area contributed by atoms with Crippen molar-refractivity contribution in [2.45, 2.75) is 0 Å². The van der Waals surface area contributed by atoms with Gasteiger partial charge in [0.1, 0.15) is 0 Å². The summed E-state index contributed by atoms with van der Waals surface area (Å²) in [6.07, 6.45) is 0. The molecule has 0 atom stereocenters. The summed E-state index contributed by atoms with van der Waals surface area (Å²) in [6.45, 7) is 0. The standard InChI is InChI=1S/C6H3N3O6.Al.H3O4P/c10-7(11)4-2-1-3-5(8(12)13)6(4)9(14)15;;1-5(2,3)4/h1-3H;;(H3,1,2,3,4)/q;+3;/p-3. The molecule has 0 bridgehead atoms. The van der Waals surface area contributed by atoms with E-state index < -0.39 is 39.7 Å². The zero-order valence-electron chi connectivity index (χ0n) is 9.68. The number of nitrogens with zero attached hydrogens (tertiary/aromatic N) is 3. The second kappa shape index (κ2) is 8.37. The Morgan fingerprint density at radius 2 is 1.10 bits per heavy atom. The molecule has 1 aromatic carbocycles. The van der Waals surface area contributed by atoms with E-state index in [1.165, 1.54) is 0 Å². The van der Waals surface area contributed by atoms with Crippen LogP contribution in [0.1, 0.15) is 0 Å². The topological polar surface area (TPSA) is 216 Å². The molecule has 0 N–H and O–H groups in total. The quantitative estimate of drug-likeness (QED) is 0.261. The minimum Gasteiger partial charge on any atom is -0.822 e. The molecule has 0 aliphatic heterocycles. The molecule has 0 amide bonds. The summed E-state index contributed by atoms with van der Waals surface area (Å²) in [5.74, 6) is 0. The van der Waals surface area contributed by atoms with Gasteiger partial charge in [-0.2, -0.15) is 7.82 Å². The van der Waals surface area contributed by atoms with Crippen LogP contribution in [0, 0.1) is 30.3 Å². The van der Waals surface area contributed by atoms with Gasteiger partial charge < -0.3 is 19.2 Å². The van der Waals surface area contributed by atoms with Crippen LogP contribution in [0.5, 0.6) is 0 Å². The normalized spacial score (nSPS) is 9.67. The first-order valence-electron chi connectivity index (χ1n) is 4.24. The zero-order valence-corrected chi connectivity index (χ0v) is 11.7. The van der Waals surface area contributed by atoms with Crippen LogP contribution in [0.15, 0.2) is 18.2 Å². The fourth-order valence-electron chi connectivity index (χ4n) is 1.00. The molecule has 21 heavy (non-hydrogen) atoms. The van der Waals surface area contributed by atoms with E-state index in [0.717, 1.165) is 18.2 Å². The van der Waals surface area contributed by atoms with Crippen LogP contribution < -0.4 is 14.7 Å². The third kappa shape index (κ3) is 8.05. The van der Waals surface area contributed by atoms with E-state index in [4.69, 9.17) is 19.2 Å². The van der Waals surface area contributed by atoms with Crippen molar-refractivity contribution in [2.75, 3.05) is 0 Å². The second-order valence-electron chi connectivity index (χ2n) is 2.86. The summed E-state index contributed by atoms with van der Waals surface area (Å²) in [6, 6.07) is 2.69. The fourth-order valence-corrected chi connectivity index (χ4v) is 1.00. The number of nitro groups is 3. The van der Waals surface area contributed by atoms with Crippen molar-refractivity contribution in [3.8, 4) is 0 Å². The summed E-state index contributed by atoms with van der Waals surface area (Å²) >= 11 is 0. The van der Waals surface area contributed by atoms with Gasteiger partial charge in [-0.15, -0.1) is 0 Å². The Hall–Kier alpha value is -1.94. The Morgan fingerprint density at radius 3 is 1.29 bits per heavy atom. The fraction of sp³-hybridized carbons (Fsp3) is 0.